The second kappa shape index (κ2) is 18.2. The van der Waals surface area contributed by atoms with Crippen LogP contribution in [-0.4, -0.2) is 97.6 Å². The molecule has 3 saturated carbocycles. The minimum Gasteiger partial charge on any atom is -0.481 e. The lowest BCUT2D eigenvalue weighted by molar-refractivity contribution is -0.200. The molecule has 1 saturated heterocycles. The Balaban J connectivity index is 1.09. The molecular formula is C43H51BrN3O14PS. The molecule has 3 amide bonds. The average molecular weight is 977 g/mol. The van der Waals surface area contributed by atoms with Crippen LogP contribution in [0.1, 0.15) is 86.8 Å². The average Bonchev–Trinajstić information content (AvgIpc) is 3.93. The first-order valence-electron chi connectivity index (χ1n) is 20.7. The van der Waals surface area contributed by atoms with E-state index in [1.807, 2.05) is 45.0 Å². The number of Topliss-reactive ketones (excluding diaryl/α,β-unsaturated/α-hetero) is 1. The summed E-state index contributed by atoms with van der Waals surface area (Å²) < 4.78 is 30.1. The van der Waals surface area contributed by atoms with Gasteiger partial charge in [0.05, 0.1) is 29.0 Å². The van der Waals surface area contributed by atoms with E-state index in [2.05, 4.69) is 31.9 Å². The number of amides is 3. The van der Waals surface area contributed by atoms with E-state index in [4.69, 9.17) is 14.0 Å². The van der Waals surface area contributed by atoms with Crippen molar-refractivity contribution < 1.29 is 67.3 Å². The zero-order valence-electron chi connectivity index (χ0n) is 34.8. The van der Waals surface area contributed by atoms with Gasteiger partial charge in [0.15, 0.2) is 23.5 Å². The van der Waals surface area contributed by atoms with Crippen LogP contribution in [0.2, 0.25) is 0 Å². The molecule has 0 spiro atoms. The Labute approximate surface area is 375 Å². The highest BCUT2D eigenvalue weighted by Gasteiger charge is 2.76. The van der Waals surface area contributed by atoms with Gasteiger partial charge in [-0.15, -0.1) is 11.3 Å². The Morgan fingerprint density at radius 2 is 1.87 bits per heavy atom. The molecule has 0 unspecified atom stereocenters. The predicted molar refractivity (Wildman–Crippen MR) is 230 cm³/mol. The summed E-state index contributed by atoms with van der Waals surface area (Å²) in [4.78, 5) is 96.2. The number of aliphatic hydroxyl groups excluding tert-OH is 1. The number of anilines is 1. The molecule has 0 bridgehead atoms. The number of ketones is 2. The number of nitrogens with one attached hydrogen (secondary N) is 3. The van der Waals surface area contributed by atoms with Gasteiger partial charge in [-0.05, 0) is 85.9 Å². The fraction of sp³-hybridized carbons (Fsp3) is 0.535. The van der Waals surface area contributed by atoms with Crippen molar-refractivity contribution in [1.82, 2.24) is 10.6 Å². The van der Waals surface area contributed by atoms with Gasteiger partial charge >= 0.3 is 13.8 Å². The van der Waals surface area contributed by atoms with Crippen molar-refractivity contribution in [2.45, 2.75) is 95.4 Å². The molecule has 7 N–H and O–H groups in total. The molecule has 7 rings (SSSR count). The third-order valence-corrected chi connectivity index (χ3v) is 16.1. The Kier molecular flexibility index (Phi) is 13.6. The van der Waals surface area contributed by atoms with Gasteiger partial charge in [-0.1, -0.05) is 60.5 Å². The summed E-state index contributed by atoms with van der Waals surface area (Å²) in [7, 11) is -5.05. The Bertz CT molecular complexity index is 2300. The minimum atomic E-state index is -5.05. The summed E-state index contributed by atoms with van der Waals surface area (Å²) in [5.41, 5.74) is -1.14. The molecule has 63 heavy (non-hydrogen) atoms. The number of fused-ring (bicyclic) bond motifs is 7. The van der Waals surface area contributed by atoms with Gasteiger partial charge in [-0.2, -0.15) is 0 Å². The second-order valence-corrected chi connectivity index (χ2v) is 20.4. The summed E-state index contributed by atoms with van der Waals surface area (Å²) in [5, 5.41) is 28.9. The number of halogens is 1. The first-order chi connectivity index (χ1) is 29.7. The normalized spacial score (nSPS) is 31.7. The van der Waals surface area contributed by atoms with E-state index in [1.165, 1.54) is 11.3 Å². The number of rotatable bonds is 16. The lowest BCUT2D eigenvalue weighted by atomic mass is 9.46. The summed E-state index contributed by atoms with van der Waals surface area (Å²) in [6.07, 6.45) is 3.59. The smallest absolute Gasteiger partial charge is 0.470 e. The van der Waals surface area contributed by atoms with E-state index in [0.29, 0.717) is 29.8 Å². The number of hydrogen-bond acceptors (Lipinski definition) is 12. The van der Waals surface area contributed by atoms with Crippen LogP contribution in [0.15, 0.2) is 60.2 Å². The first kappa shape index (κ1) is 47.1. The molecule has 340 valence electrons. The van der Waals surface area contributed by atoms with Crippen LogP contribution >= 0.6 is 35.1 Å². The van der Waals surface area contributed by atoms with Gasteiger partial charge in [0.25, 0.3) is 0 Å². The summed E-state index contributed by atoms with van der Waals surface area (Å²) in [5.74, 6) is -4.42. The lowest BCUT2D eigenvalue weighted by Crippen LogP contribution is -2.63. The van der Waals surface area contributed by atoms with E-state index < -0.39 is 97.8 Å². The van der Waals surface area contributed by atoms with E-state index in [1.54, 1.807) is 30.4 Å². The molecule has 1 aliphatic heterocycles. The van der Waals surface area contributed by atoms with Gasteiger partial charge in [-0.25, -0.2) is 4.57 Å². The van der Waals surface area contributed by atoms with E-state index >= 15 is 0 Å². The molecule has 17 nitrogen and oxygen atoms in total. The van der Waals surface area contributed by atoms with E-state index in [-0.39, 0.29) is 47.6 Å². The van der Waals surface area contributed by atoms with Gasteiger partial charge in [0.2, 0.25) is 17.7 Å². The van der Waals surface area contributed by atoms with Crippen LogP contribution in [-0.2, 0) is 47.3 Å². The molecule has 0 radical (unpaired) electrons. The standard InChI is InChI=1S/C43H51BrN3O14PS/c1-22(23-5-4-6-25(15-23)46-39(55)29(9-12-37(53)54)47-36(52)20-45-35(51)19-44)31-10-11-32(63-31)40-60-34-17-28-27-8-7-24-16-26(48)13-14-41(24,2)38(27)30(49)18-42(28,3)43(34,61-40)33(50)21-59-62(56,57)58/h4-6,10-11,13-16,22,27-30,34,38,40,49H,7-9,12,17-21H2,1-3H3,(H,45,51)(H,46,55)(H,47,52)(H,53,54)(H2,56,57,58)/t22-,27-,28-,29-,30-,34+,38+,40+,41-,42-,43+/m0/s1. The number of carbonyl (C=O) groups excluding carboxylic acids is 5. The molecule has 11 atom stereocenters. The lowest BCUT2D eigenvalue weighted by Gasteiger charge is -2.59. The molecule has 1 aromatic heterocycles. The molecule has 2 heterocycles. The summed E-state index contributed by atoms with van der Waals surface area (Å²) in [6, 6.07) is 9.53. The molecular weight excluding hydrogens is 925 g/mol. The molecule has 4 fully saturated rings. The van der Waals surface area contributed by atoms with Crippen LogP contribution in [0.4, 0.5) is 5.69 Å². The molecule has 2 aromatic rings. The van der Waals surface area contributed by atoms with Crippen molar-refractivity contribution in [2.24, 2.45) is 28.6 Å². The quantitative estimate of drug-likeness (QED) is 0.0908. The highest BCUT2D eigenvalue weighted by molar-refractivity contribution is 9.09. The van der Waals surface area contributed by atoms with Crippen LogP contribution in [0.25, 0.3) is 0 Å². The molecule has 20 heteroatoms. The maximum atomic E-state index is 14.5. The first-order valence-corrected chi connectivity index (χ1v) is 24.2. The van der Waals surface area contributed by atoms with Crippen molar-refractivity contribution in [2.75, 3.05) is 23.8 Å². The molecule has 4 aliphatic carbocycles. The fourth-order valence-corrected chi connectivity index (χ4v) is 12.5. The largest absolute Gasteiger partial charge is 0.481 e. The number of ether oxygens (including phenoxy) is 2. The minimum absolute atomic E-state index is 0.0229. The van der Waals surface area contributed by atoms with Gasteiger partial charge in [0.1, 0.15) is 12.6 Å². The zero-order valence-corrected chi connectivity index (χ0v) is 38.1. The number of carbonyl (C=O) groups is 6. The summed E-state index contributed by atoms with van der Waals surface area (Å²) >= 11 is 4.36. The number of benzene rings is 1. The highest BCUT2D eigenvalue weighted by Crippen LogP contribution is 2.70. The van der Waals surface area contributed by atoms with Crippen LogP contribution in [0.5, 0.6) is 0 Å². The maximum absolute atomic E-state index is 14.5. The number of hydrogen-bond donors (Lipinski definition) is 7. The SMILES string of the molecule is C[C@@H](c1cccc(NC(=O)[C@H](CCC(=O)O)NC(=O)CNC(=O)CBr)c1)c1ccc([C@@H]2O[C@@H]3C[C@H]4[C@@H]5CCC6=CC(=O)C=C[C@]6(C)[C@H]5[C@@H](O)C[C@]4(C)[C@]3(C(=O)COP(=O)(O)O)O2)s1. The molecule has 1 aromatic carbocycles. The second-order valence-electron chi connectivity index (χ2n) is 17.5. The number of phosphoric ester groups is 1. The van der Waals surface area contributed by atoms with Crippen LogP contribution < -0.4 is 16.0 Å². The van der Waals surface area contributed by atoms with Crippen molar-refractivity contribution >= 4 is 76.0 Å². The van der Waals surface area contributed by atoms with Crippen molar-refractivity contribution in [3.63, 3.8) is 0 Å². The van der Waals surface area contributed by atoms with Gasteiger partial charge in [0, 0.05) is 39.7 Å². The number of thiophene rings is 1. The number of allylic oxidation sites excluding steroid dienone is 4. The van der Waals surface area contributed by atoms with Crippen molar-refractivity contribution in [3.8, 4) is 0 Å². The number of carboxylic acids is 1. The fourth-order valence-electron chi connectivity index (χ4n) is 11.0. The third kappa shape index (κ3) is 9.18. The number of carboxylic acid groups (broad SMARTS) is 1. The number of alkyl halides is 1. The van der Waals surface area contributed by atoms with Crippen molar-refractivity contribution in [1.29, 1.82) is 0 Å². The monoisotopic (exact) mass is 975 g/mol. The highest BCUT2D eigenvalue weighted by atomic mass is 79.9. The van der Waals surface area contributed by atoms with Crippen LogP contribution in [0, 0.1) is 28.6 Å². The number of aliphatic carboxylic acids is 1. The Morgan fingerprint density at radius 1 is 1.11 bits per heavy atom. The predicted octanol–water partition coefficient (Wildman–Crippen LogP) is 4.42. The molecule has 5 aliphatic rings. The third-order valence-electron chi connectivity index (χ3n) is 13.8. The van der Waals surface area contributed by atoms with Gasteiger partial charge < -0.3 is 45.4 Å². The topological polar surface area (TPSA) is 264 Å². The number of aliphatic hydroxyl groups is 1. The van der Waals surface area contributed by atoms with Gasteiger partial charge in [-0.3, -0.25) is 33.3 Å². The zero-order chi connectivity index (χ0) is 45.6. The maximum Gasteiger partial charge on any atom is 0.470 e. The Morgan fingerprint density at radius 3 is 2.59 bits per heavy atom. The Hall–Kier alpha value is -3.91. The van der Waals surface area contributed by atoms with E-state index in [0.717, 1.165) is 16.0 Å². The van der Waals surface area contributed by atoms with Crippen molar-refractivity contribution in [3.05, 3.63) is 75.5 Å². The van der Waals surface area contributed by atoms with E-state index in [9.17, 15) is 53.3 Å². The summed E-state index contributed by atoms with van der Waals surface area (Å²) in [6.45, 7) is 4.56. The van der Waals surface area contributed by atoms with Crippen LogP contribution in [0.3, 0.4) is 0 Å². The number of phosphoric acid groups is 1.